The van der Waals surface area contributed by atoms with Crippen molar-refractivity contribution in [1.29, 1.82) is 0 Å². The molecule has 3 heteroatoms. The van der Waals surface area contributed by atoms with Gasteiger partial charge in [-0.25, -0.2) is 0 Å². The van der Waals surface area contributed by atoms with Gasteiger partial charge in [0.25, 0.3) is 0 Å². The van der Waals surface area contributed by atoms with Crippen LogP contribution in [0.2, 0.25) is 0 Å². The maximum absolute atomic E-state index is 3.71. The summed E-state index contributed by atoms with van der Waals surface area (Å²) >= 11 is 0. The van der Waals surface area contributed by atoms with Crippen molar-refractivity contribution in [2.45, 2.75) is 57.2 Å². The van der Waals surface area contributed by atoms with Crippen LogP contribution >= 0.6 is 0 Å². The minimum Gasteiger partial charge on any atom is -0.313 e. The van der Waals surface area contributed by atoms with Gasteiger partial charge in [-0.3, -0.25) is 4.90 Å². The topological polar surface area (TPSA) is 18.5 Å². The van der Waals surface area contributed by atoms with Crippen LogP contribution < -0.4 is 5.32 Å². The Labute approximate surface area is 112 Å². The number of nitrogens with one attached hydrogen (secondary N) is 1. The molecule has 0 aromatic carbocycles. The van der Waals surface area contributed by atoms with Gasteiger partial charge in [0.2, 0.25) is 0 Å². The van der Waals surface area contributed by atoms with Crippen molar-refractivity contribution >= 4 is 0 Å². The van der Waals surface area contributed by atoms with Crippen LogP contribution in [-0.4, -0.2) is 61.2 Å². The van der Waals surface area contributed by atoms with Gasteiger partial charge < -0.3 is 10.2 Å². The zero-order valence-electron chi connectivity index (χ0n) is 12.1. The maximum atomic E-state index is 3.71. The van der Waals surface area contributed by atoms with Gasteiger partial charge in [0.05, 0.1) is 0 Å². The highest BCUT2D eigenvalue weighted by Crippen LogP contribution is 2.32. The number of hydrogen-bond donors (Lipinski definition) is 1. The molecule has 1 N–H and O–H groups in total. The molecule has 3 fully saturated rings. The largest absolute Gasteiger partial charge is 0.313 e. The molecule has 1 saturated carbocycles. The predicted molar refractivity (Wildman–Crippen MR) is 75.8 cm³/mol. The Hall–Kier alpha value is -0.120. The highest BCUT2D eigenvalue weighted by molar-refractivity contribution is 4.91. The van der Waals surface area contributed by atoms with Crippen molar-refractivity contribution in [2.24, 2.45) is 5.92 Å². The van der Waals surface area contributed by atoms with Gasteiger partial charge >= 0.3 is 0 Å². The molecule has 3 aliphatic rings. The fraction of sp³-hybridized carbons (Fsp3) is 1.00. The van der Waals surface area contributed by atoms with E-state index in [9.17, 15) is 0 Å². The Kier molecular flexibility index (Phi) is 3.92. The molecule has 2 heterocycles. The summed E-state index contributed by atoms with van der Waals surface area (Å²) in [5.41, 5.74) is 0. The minimum absolute atomic E-state index is 0.746. The van der Waals surface area contributed by atoms with Crippen molar-refractivity contribution in [3.05, 3.63) is 0 Å². The van der Waals surface area contributed by atoms with Gasteiger partial charge in [-0.1, -0.05) is 0 Å². The summed E-state index contributed by atoms with van der Waals surface area (Å²) in [4.78, 5) is 5.33. The second-order valence-corrected chi connectivity index (χ2v) is 6.72. The number of likely N-dealkylation sites (tertiary alicyclic amines) is 1. The average Bonchev–Trinajstić information content (AvgIpc) is 3.11. The smallest absolute Gasteiger partial charge is 0.0223 e. The Balaban J connectivity index is 1.40. The Morgan fingerprint density at radius 2 is 1.89 bits per heavy atom. The van der Waals surface area contributed by atoms with Crippen LogP contribution in [-0.2, 0) is 0 Å². The SMILES string of the molecule is CC(NCCN1CCC2CCC(C1)N2C)C1CC1. The van der Waals surface area contributed by atoms with Gasteiger partial charge in [0, 0.05) is 37.8 Å². The lowest BCUT2D eigenvalue weighted by atomic mass is 10.1. The molecular formula is C15H29N3. The molecule has 0 aromatic rings. The van der Waals surface area contributed by atoms with E-state index in [1.165, 1.54) is 58.3 Å². The first-order valence-electron chi connectivity index (χ1n) is 7.91. The van der Waals surface area contributed by atoms with Gasteiger partial charge in [0.1, 0.15) is 0 Å². The highest BCUT2D eigenvalue weighted by atomic mass is 15.3. The molecule has 2 saturated heterocycles. The van der Waals surface area contributed by atoms with E-state index in [1.807, 2.05) is 0 Å². The van der Waals surface area contributed by atoms with Gasteiger partial charge in [-0.05, 0) is 58.5 Å². The number of nitrogens with zero attached hydrogens (tertiary/aromatic N) is 2. The second-order valence-electron chi connectivity index (χ2n) is 6.72. The lowest BCUT2D eigenvalue weighted by Crippen LogP contribution is -2.41. The molecule has 2 bridgehead atoms. The van der Waals surface area contributed by atoms with Crippen LogP contribution in [0, 0.1) is 5.92 Å². The van der Waals surface area contributed by atoms with E-state index >= 15 is 0 Å². The molecule has 104 valence electrons. The van der Waals surface area contributed by atoms with E-state index in [0.29, 0.717) is 0 Å². The summed E-state index contributed by atoms with van der Waals surface area (Å²) in [5, 5.41) is 3.71. The van der Waals surface area contributed by atoms with Crippen molar-refractivity contribution < 1.29 is 0 Å². The molecular weight excluding hydrogens is 222 g/mol. The molecule has 0 radical (unpaired) electrons. The molecule has 3 rings (SSSR count). The van der Waals surface area contributed by atoms with Crippen molar-refractivity contribution in [1.82, 2.24) is 15.1 Å². The van der Waals surface area contributed by atoms with Crippen molar-refractivity contribution in [2.75, 3.05) is 33.2 Å². The van der Waals surface area contributed by atoms with Gasteiger partial charge in [0.15, 0.2) is 0 Å². The van der Waals surface area contributed by atoms with Crippen LogP contribution in [0.3, 0.4) is 0 Å². The van der Waals surface area contributed by atoms with Crippen molar-refractivity contribution in [3.8, 4) is 0 Å². The lowest BCUT2D eigenvalue weighted by molar-refractivity contribution is 0.217. The minimum atomic E-state index is 0.746. The Morgan fingerprint density at radius 1 is 1.11 bits per heavy atom. The number of fused-ring (bicyclic) bond motifs is 2. The highest BCUT2D eigenvalue weighted by Gasteiger charge is 2.34. The third-order valence-corrected chi connectivity index (χ3v) is 5.46. The van der Waals surface area contributed by atoms with Crippen LogP contribution in [0.1, 0.15) is 39.0 Å². The van der Waals surface area contributed by atoms with Gasteiger partial charge in [-0.15, -0.1) is 0 Å². The normalized spacial score (nSPS) is 35.7. The van der Waals surface area contributed by atoms with E-state index in [4.69, 9.17) is 0 Å². The van der Waals surface area contributed by atoms with Gasteiger partial charge in [-0.2, -0.15) is 0 Å². The fourth-order valence-corrected chi connectivity index (χ4v) is 3.80. The summed E-state index contributed by atoms with van der Waals surface area (Å²) in [7, 11) is 2.33. The lowest BCUT2D eigenvalue weighted by Gasteiger charge is -2.26. The zero-order valence-corrected chi connectivity index (χ0v) is 12.1. The standard InChI is InChI=1S/C15H29N3/c1-12(13-3-4-13)16-8-10-18-9-7-14-5-6-15(11-18)17(14)2/h12-16H,3-11H2,1-2H3. The monoisotopic (exact) mass is 251 g/mol. The first kappa shape index (κ1) is 12.9. The zero-order chi connectivity index (χ0) is 12.5. The molecule has 1 aliphatic carbocycles. The molecule has 3 nitrogen and oxygen atoms in total. The number of rotatable bonds is 5. The summed E-state index contributed by atoms with van der Waals surface area (Å²) in [6.07, 6.45) is 7.14. The molecule has 0 aromatic heterocycles. The molecule has 18 heavy (non-hydrogen) atoms. The molecule has 2 aliphatic heterocycles. The molecule has 3 unspecified atom stereocenters. The Morgan fingerprint density at radius 3 is 2.67 bits per heavy atom. The maximum Gasteiger partial charge on any atom is 0.0223 e. The molecule has 0 amide bonds. The first-order valence-corrected chi connectivity index (χ1v) is 7.91. The molecule has 3 atom stereocenters. The Bertz CT molecular complexity index is 277. The van der Waals surface area contributed by atoms with Crippen LogP contribution in [0.15, 0.2) is 0 Å². The van der Waals surface area contributed by atoms with E-state index < -0.39 is 0 Å². The average molecular weight is 251 g/mol. The van der Waals surface area contributed by atoms with Crippen LogP contribution in [0.25, 0.3) is 0 Å². The first-order chi connectivity index (χ1) is 8.74. The summed E-state index contributed by atoms with van der Waals surface area (Å²) in [5.74, 6) is 0.983. The van der Waals surface area contributed by atoms with Crippen LogP contribution in [0.5, 0.6) is 0 Å². The van der Waals surface area contributed by atoms with E-state index in [0.717, 1.165) is 24.0 Å². The van der Waals surface area contributed by atoms with Crippen LogP contribution in [0.4, 0.5) is 0 Å². The second kappa shape index (κ2) is 5.48. The molecule has 0 spiro atoms. The summed E-state index contributed by atoms with van der Waals surface area (Å²) in [6, 6.07) is 2.45. The fourth-order valence-electron chi connectivity index (χ4n) is 3.80. The van der Waals surface area contributed by atoms with Crippen molar-refractivity contribution in [3.63, 3.8) is 0 Å². The summed E-state index contributed by atoms with van der Waals surface area (Å²) < 4.78 is 0. The predicted octanol–water partition coefficient (Wildman–Crippen LogP) is 1.54. The third-order valence-electron chi connectivity index (χ3n) is 5.46. The number of hydrogen-bond acceptors (Lipinski definition) is 3. The quantitative estimate of drug-likeness (QED) is 0.800. The summed E-state index contributed by atoms with van der Waals surface area (Å²) in [6.45, 7) is 7.39. The third kappa shape index (κ3) is 2.89. The number of likely N-dealkylation sites (N-methyl/N-ethyl adjacent to an activating group) is 1. The van der Waals surface area contributed by atoms with E-state index in [-0.39, 0.29) is 0 Å². The van der Waals surface area contributed by atoms with E-state index in [1.54, 1.807) is 0 Å². The van der Waals surface area contributed by atoms with E-state index in [2.05, 4.69) is 29.1 Å².